The maximum absolute atomic E-state index is 9.96. The van der Waals surface area contributed by atoms with Crippen molar-refractivity contribution in [3.63, 3.8) is 0 Å². The third-order valence-corrected chi connectivity index (χ3v) is 3.22. The van der Waals surface area contributed by atoms with Crippen molar-refractivity contribution in [3.05, 3.63) is 40.4 Å². The quantitative estimate of drug-likeness (QED) is 0.856. The second-order valence-electron chi connectivity index (χ2n) is 3.85. The number of phenols is 1. The Balaban J connectivity index is 2.15. The van der Waals surface area contributed by atoms with E-state index < -0.39 is 0 Å². The summed E-state index contributed by atoms with van der Waals surface area (Å²) in [5.41, 5.74) is 1.33. The van der Waals surface area contributed by atoms with E-state index in [9.17, 15) is 5.11 Å². The van der Waals surface area contributed by atoms with E-state index in [2.05, 4.69) is 0 Å². The predicted molar refractivity (Wildman–Crippen MR) is 69.7 cm³/mol. The molecule has 0 spiro atoms. The second-order valence-corrected chi connectivity index (χ2v) is 4.70. The minimum absolute atomic E-state index is 0.0000630. The topological polar surface area (TPSA) is 38.7 Å². The molecule has 1 aliphatic rings. The number of phenolic OH excluding ortho intramolecular Hbond substituents is 1. The summed E-state index contributed by atoms with van der Waals surface area (Å²) in [6.45, 7) is 0.209. The molecule has 92 valence electrons. The molecule has 0 amide bonds. The van der Waals surface area contributed by atoms with Gasteiger partial charge in [-0.05, 0) is 29.8 Å². The number of hydrogen-bond acceptors (Lipinski definition) is 3. The summed E-state index contributed by atoms with van der Waals surface area (Å²) >= 11 is 11.8. The van der Waals surface area contributed by atoms with Gasteiger partial charge in [0, 0.05) is 10.6 Å². The Morgan fingerprint density at radius 3 is 2.61 bits per heavy atom. The fourth-order valence-electron chi connectivity index (χ4n) is 1.85. The summed E-state index contributed by atoms with van der Waals surface area (Å²) in [5.74, 6) is 1.33. The van der Waals surface area contributed by atoms with Crippen molar-refractivity contribution in [1.82, 2.24) is 0 Å². The van der Waals surface area contributed by atoms with Crippen LogP contribution in [0, 0.1) is 0 Å². The van der Waals surface area contributed by atoms with Crippen LogP contribution in [-0.4, -0.2) is 11.9 Å². The zero-order valence-corrected chi connectivity index (χ0v) is 10.6. The second kappa shape index (κ2) is 4.26. The first kappa shape index (κ1) is 11.5. The lowest BCUT2D eigenvalue weighted by Crippen LogP contribution is -1.92. The molecule has 18 heavy (non-hydrogen) atoms. The fourth-order valence-corrected chi connectivity index (χ4v) is 2.34. The van der Waals surface area contributed by atoms with Gasteiger partial charge in [-0.3, -0.25) is 0 Å². The summed E-state index contributed by atoms with van der Waals surface area (Å²) in [4.78, 5) is 0. The first-order valence-corrected chi connectivity index (χ1v) is 5.99. The van der Waals surface area contributed by atoms with Gasteiger partial charge < -0.3 is 14.6 Å². The van der Waals surface area contributed by atoms with Gasteiger partial charge in [-0.1, -0.05) is 29.3 Å². The normalized spacial score (nSPS) is 12.8. The van der Waals surface area contributed by atoms with Gasteiger partial charge in [-0.2, -0.15) is 0 Å². The minimum atomic E-state index is -0.0000630. The molecule has 2 aromatic rings. The maximum atomic E-state index is 9.96. The van der Waals surface area contributed by atoms with Crippen LogP contribution >= 0.6 is 23.2 Å². The molecule has 0 saturated heterocycles. The highest BCUT2D eigenvalue weighted by Crippen LogP contribution is 2.41. The van der Waals surface area contributed by atoms with Crippen molar-refractivity contribution in [2.24, 2.45) is 0 Å². The predicted octanol–water partition coefficient (Wildman–Crippen LogP) is 4.09. The first-order valence-electron chi connectivity index (χ1n) is 5.23. The third kappa shape index (κ3) is 1.85. The number of fused-ring (bicyclic) bond motifs is 1. The number of rotatable bonds is 1. The van der Waals surface area contributed by atoms with Crippen LogP contribution in [0.25, 0.3) is 11.1 Å². The molecule has 0 unspecified atom stereocenters. The van der Waals surface area contributed by atoms with Gasteiger partial charge in [-0.25, -0.2) is 0 Å². The molecule has 0 aromatic heterocycles. The summed E-state index contributed by atoms with van der Waals surface area (Å²) < 4.78 is 10.5. The van der Waals surface area contributed by atoms with Gasteiger partial charge >= 0.3 is 0 Å². The smallest absolute Gasteiger partial charge is 0.231 e. The molecule has 5 heteroatoms. The lowest BCUT2D eigenvalue weighted by atomic mass is 10.0. The molecule has 1 N–H and O–H groups in total. The van der Waals surface area contributed by atoms with Crippen LogP contribution < -0.4 is 9.47 Å². The first-order chi connectivity index (χ1) is 8.65. The molecule has 0 fully saturated rings. The average molecular weight is 283 g/mol. The molecule has 1 aliphatic heterocycles. The highest BCUT2D eigenvalue weighted by atomic mass is 35.5. The van der Waals surface area contributed by atoms with E-state index in [1.165, 1.54) is 6.07 Å². The van der Waals surface area contributed by atoms with E-state index in [0.717, 1.165) is 5.56 Å². The number of ether oxygens (including phenoxy) is 2. The number of hydrogen-bond donors (Lipinski definition) is 1. The van der Waals surface area contributed by atoms with Crippen molar-refractivity contribution >= 4 is 23.2 Å². The summed E-state index contributed by atoms with van der Waals surface area (Å²) in [6, 6.07) is 8.53. The van der Waals surface area contributed by atoms with Crippen molar-refractivity contribution < 1.29 is 14.6 Å². The lowest BCUT2D eigenvalue weighted by Gasteiger charge is -2.08. The Kier molecular flexibility index (Phi) is 2.73. The zero-order chi connectivity index (χ0) is 12.7. The van der Waals surface area contributed by atoms with Gasteiger partial charge in [-0.15, -0.1) is 0 Å². The van der Waals surface area contributed by atoms with Crippen LogP contribution in [0.5, 0.6) is 17.2 Å². The highest BCUT2D eigenvalue weighted by Gasteiger charge is 2.16. The standard InChI is InChI=1S/C13H8Cl2O3/c14-8-4-9(13(16)10(15)5-8)7-1-2-11-12(3-7)18-6-17-11/h1-5,16H,6H2. The zero-order valence-electron chi connectivity index (χ0n) is 9.11. The van der Waals surface area contributed by atoms with Gasteiger partial charge in [0.15, 0.2) is 11.5 Å². The molecule has 0 atom stereocenters. The molecule has 3 rings (SSSR count). The van der Waals surface area contributed by atoms with Crippen molar-refractivity contribution in [1.29, 1.82) is 0 Å². The van der Waals surface area contributed by atoms with Crippen LogP contribution in [0.3, 0.4) is 0 Å². The molecular formula is C13H8Cl2O3. The van der Waals surface area contributed by atoms with E-state index in [1.807, 2.05) is 6.07 Å². The van der Waals surface area contributed by atoms with E-state index in [4.69, 9.17) is 32.7 Å². The summed E-state index contributed by atoms with van der Waals surface area (Å²) in [5, 5.41) is 10.6. The molecule has 0 bridgehead atoms. The van der Waals surface area contributed by atoms with Crippen LogP contribution in [-0.2, 0) is 0 Å². The minimum Gasteiger partial charge on any atom is -0.506 e. The van der Waals surface area contributed by atoms with Crippen LogP contribution in [0.4, 0.5) is 0 Å². The van der Waals surface area contributed by atoms with Crippen molar-refractivity contribution in [2.45, 2.75) is 0 Å². The third-order valence-electron chi connectivity index (χ3n) is 2.71. The van der Waals surface area contributed by atoms with Crippen LogP contribution in [0.1, 0.15) is 0 Å². The monoisotopic (exact) mass is 282 g/mol. The molecule has 1 heterocycles. The molecule has 0 aliphatic carbocycles. The van der Waals surface area contributed by atoms with Gasteiger partial charge in [0.1, 0.15) is 5.75 Å². The average Bonchev–Trinajstić information content (AvgIpc) is 2.80. The number of benzene rings is 2. The van der Waals surface area contributed by atoms with E-state index in [-0.39, 0.29) is 17.6 Å². The Labute approximate surface area is 113 Å². The SMILES string of the molecule is Oc1c(Cl)cc(Cl)cc1-c1ccc2c(c1)OCO2. The van der Waals surface area contributed by atoms with E-state index >= 15 is 0 Å². The highest BCUT2D eigenvalue weighted by molar-refractivity contribution is 6.36. The Morgan fingerprint density at radius 2 is 1.78 bits per heavy atom. The molecule has 0 radical (unpaired) electrons. The largest absolute Gasteiger partial charge is 0.506 e. The fraction of sp³-hybridized carbons (Fsp3) is 0.0769. The Morgan fingerprint density at radius 1 is 1.00 bits per heavy atom. The van der Waals surface area contributed by atoms with E-state index in [0.29, 0.717) is 22.1 Å². The lowest BCUT2D eigenvalue weighted by molar-refractivity contribution is 0.174. The van der Waals surface area contributed by atoms with E-state index in [1.54, 1.807) is 18.2 Å². The Bertz CT molecular complexity index is 626. The van der Waals surface area contributed by atoms with Gasteiger partial charge in [0.05, 0.1) is 5.02 Å². The van der Waals surface area contributed by atoms with Crippen LogP contribution in [0.15, 0.2) is 30.3 Å². The van der Waals surface area contributed by atoms with Crippen molar-refractivity contribution in [3.8, 4) is 28.4 Å². The number of aromatic hydroxyl groups is 1. The number of halogens is 2. The summed E-state index contributed by atoms with van der Waals surface area (Å²) in [6.07, 6.45) is 0. The van der Waals surface area contributed by atoms with Gasteiger partial charge in [0.2, 0.25) is 6.79 Å². The van der Waals surface area contributed by atoms with Crippen molar-refractivity contribution in [2.75, 3.05) is 6.79 Å². The molecular weight excluding hydrogens is 275 g/mol. The summed E-state index contributed by atoms with van der Waals surface area (Å²) in [7, 11) is 0. The molecule has 2 aromatic carbocycles. The molecule has 3 nitrogen and oxygen atoms in total. The van der Waals surface area contributed by atoms with Crippen LogP contribution in [0.2, 0.25) is 10.0 Å². The Hall–Kier alpha value is -1.58. The van der Waals surface area contributed by atoms with Gasteiger partial charge in [0.25, 0.3) is 0 Å². The maximum Gasteiger partial charge on any atom is 0.231 e. The molecule has 0 saturated carbocycles.